The summed E-state index contributed by atoms with van der Waals surface area (Å²) in [7, 11) is 0. The quantitative estimate of drug-likeness (QED) is 0.791. The van der Waals surface area contributed by atoms with Gasteiger partial charge in [0.15, 0.2) is 0 Å². The molecule has 0 aromatic rings. The van der Waals surface area contributed by atoms with Crippen molar-refractivity contribution >= 4 is 5.91 Å². The Labute approximate surface area is 106 Å². The fourth-order valence-corrected chi connectivity index (χ4v) is 2.24. The van der Waals surface area contributed by atoms with Crippen LogP contribution in [0.3, 0.4) is 0 Å². The van der Waals surface area contributed by atoms with Crippen LogP contribution in [0.2, 0.25) is 0 Å². The van der Waals surface area contributed by atoms with Crippen LogP contribution in [0.4, 0.5) is 0 Å². The zero-order valence-electron chi connectivity index (χ0n) is 11.7. The van der Waals surface area contributed by atoms with E-state index in [2.05, 4.69) is 33.0 Å². The van der Waals surface area contributed by atoms with Gasteiger partial charge >= 0.3 is 0 Å². The van der Waals surface area contributed by atoms with E-state index in [0.717, 1.165) is 25.8 Å². The van der Waals surface area contributed by atoms with Gasteiger partial charge in [-0.3, -0.25) is 4.79 Å². The van der Waals surface area contributed by atoms with Gasteiger partial charge in [-0.25, -0.2) is 0 Å². The Bertz CT molecular complexity index is 253. The predicted octanol–water partition coefficient (Wildman–Crippen LogP) is 2.16. The summed E-state index contributed by atoms with van der Waals surface area (Å²) < 4.78 is 0. The van der Waals surface area contributed by atoms with Crippen molar-refractivity contribution in [3.05, 3.63) is 0 Å². The second kappa shape index (κ2) is 6.39. The van der Waals surface area contributed by atoms with Gasteiger partial charge in [-0.1, -0.05) is 27.7 Å². The van der Waals surface area contributed by atoms with Crippen LogP contribution in [0.25, 0.3) is 0 Å². The van der Waals surface area contributed by atoms with Crippen LogP contribution in [0.15, 0.2) is 0 Å². The van der Waals surface area contributed by atoms with E-state index in [4.69, 9.17) is 5.73 Å². The molecule has 0 radical (unpaired) electrons. The maximum absolute atomic E-state index is 12.0. The highest BCUT2D eigenvalue weighted by Crippen LogP contribution is 2.27. The highest BCUT2D eigenvalue weighted by molar-refractivity contribution is 5.78. The average molecular weight is 240 g/mol. The topological polar surface area (TPSA) is 55.1 Å². The third-order valence-corrected chi connectivity index (χ3v) is 4.37. The molecule has 1 fully saturated rings. The van der Waals surface area contributed by atoms with Crippen LogP contribution in [-0.2, 0) is 4.79 Å². The zero-order valence-corrected chi connectivity index (χ0v) is 11.7. The summed E-state index contributed by atoms with van der Waals surface area (Å²) in [5.41, 5.74) is 6.03. The molecule has 1 aliphatic carbocycles. The van der Waals surface area contributed by atoms with Crippen LogP contribution < -0.4 is 11.1 Å². The minimum Gasteiger partial charge on any atom is -0.356 e. The summed E-state index contributed by atoms with van der Waals surface area (Å²) in [5.74, 6) is 2.06. The highest BCUT2D eigenvalue weighted by Gasteiger charge is 2.29. The first-order chi connectivity index (χ1) is 7.91. The van der Waals surface area contributed by atoms with E-state index >= 15 is 0 Å². The second-order valence-electron chi connectivity index (χ2n) is 6.12. The number of rotatable bonds is 4. The lowest BCUT2D eigenvalue weighted by atomic mass is 9.79. The SMILES string of the molecule is CC(C)C(C)CNC(=O)C1CCC(C)C(N)C1. The van der Waals surface area contributed by atoms with Crippen molar-refractivity contribution in [2.24, 2.45) is 29.4 Å². The summed E-state index contributed by atoms with van der Waals surface area (Å²) >= 11 is 0. The van der Waals surface area contributed by atoms with E-state index in [1.54, 1.807) is 0 Å². The lowest BCUT2D eigenvalue weighted by molar-refractivity contribution is -0.126. The smallest absolute Gasteiger partial charge is 0.223 e. The highest BCUT2D eigenvalue weighted by atomic mass is 16.1. The monoisotopic (exact) mass is 240 g/mol. The molecule has 1 aliphatic rings. The summed E-state index contributed by atoms with van der Waals surface area (Å²) in [4.78, 5) is 12.0. The van der Waals surface area contributed by atoms with Gasteiger partial charge in [0.2, 0.25) is 5.91 Å². The van der Waals surface area contributed by atoms with Crippen molar-refractivity contribution in [2.45, 2.75) is 53.0 Å². The van der Waals surface area contributed by atoms with E-state index in [1.807, 2.05) is 0 Å². The van der Waals surface area contributed by atoms with Crippen molar-refractivity contribution in [1.29, 1.82) is 0 Å². The summed E-state index contributed by atoms with van der Waals surface area (Å²) in [6.45, 7) is 9.53. The normalized spacial score (nSPS) is 31.3. The molecule has 4 atom stereocenters. The minimum atomic E-state index is 0.139. The number of carbonyl (C=O) groups excluding carboxylic acids is 1. The lowest BCUT2D eigenvalue weighted by Crippen LogP contribution is -2.42. The summed E-state index contributed by atoms with van der Waals surface area (Å²) in [6.07, 6.45) is 2.93. The number of hydrogen-bond acceptors (Lipinski definition) is 2. The number of carbonyl (C=O) groups is 1. The number of nitrogens with one attached hydrogen (secondary N) is 1. The molecule has 17 heavy (non-hydrogen) atoms. The Morgan fingerprint density at radius 2 is 2.00 bits per heavy atom. The minimum absolute atomic E-state index is 0.139. The van der Waals surface area contributed by atoms with Crippen LogP contribution in [0, 0.1) is 23.7 Å². The third kappa shape index (κ3) is 4.30. The Kier molecular flexibility index (Phi) is 5.44. The largest absolute Gasteiger partial charge is 0.356 e. The molecule has 3 N–H and O–H groups in total. The van der Waals surface area contributed by atoms with Gasteiger partial charge < -0.3 is 11.1 Å². The van der Waals surface area contributed by atoms with E-state index < -0.39 is 0 Å². The maximum atomic E-state index is 12.0. The first-order valence-electron chi connectivity index (χ1n) is 6.95. The Morgan fingerprint density at radius 3 is 2.53 bits per heavy atom. The van der Waals surface area contributed by atoms with Gasteiger partial charge in [0, 0.05) is 18.5 Å². The van der Waals surface area contributed by atoms with E-state index in [1.165, 1.54) is 0 Å². The Balaban J connectivity index is 2.33. The van der Waals surface area contributed by atoms with Crippen molar-refractivity contribution in [1.82, 2.24) is 5.32 Å². The van der Waals surface area contributed by atoms with Gasteiger partial charge in [-0.2, -0.15) is 0 Å². The number of amides is 1. The second-order valence-corrected chi connectivity index (χ2v) is 6.12. The molecule has 0 aromatic carbocycles. The average Bonchev–Trinajstić information content (AvgIpc) is 2.28. The molecule has 4 unspecified atom stereocenters. The molecule has 0 heterocycles. The van der Waals surface area contributed by atoms with E-state index in [0.29, 0.717) is 17.8 Å². The molecule has 0 saturated heterocycles. The third-order valence-electron chi connectivity index (χ3n) is 4.37. The first-order valence-corrected chi connectivity index (χ1v) is 6.95. The first kappa shape index (κ1) is 14.5. The lowest BCUT2D eigenvalue weighted by Gasteiger charge is -2.31. The van der Waals surface area contributed by atoms with Gasteiger partial charge in [0.25, 0.3) is 0 Å². The van der Waals surface area contributed by atoms with Gasteiger partial charge in [-0.15, -0.1) is 0 Å². The van der Waals surface area contributed by atoms with Crippen LogP contribution in [0.5, 0.6) is 0 Å². The molecule has 0 aliphatic heterocycles. The molecule has 0 spiro atoms. The molecule has 1 amide bonds. The molecule has 0 bridgehead atoms. The summed E-state index contributed by atoms with van der Waals surface area (Å²) in [6, 6.07) is 0.196. The molecule has 1 rings (SSSR count). The maximum Gasteiger partial charge on any atom is 0.223 e. The fourth-order valence-electron chi connectivity index (χ4n) is 2.24. The number of nitrogens with two attached hydrogens (primary N) is 1. The Morgan fingerprint density at radius 1 is 1.35 bits per heavy atom. The van der Waals surface area contributed by atoms with Gasteiger partial charge in [0.1, 0.15) is 0 Å². The standard InChI is InChI=1S/C14H28N2O/c1-9(2)11(4)8-16-14(17)12-6-5-10(3)13(15)7-12/h9-13H,5-8,15H2,1-4H3,(H,16,17). The van der Waals surface area contributed by atoms with Crippen molar-refractivity contribution in [2.75, 3.05) is 6.54 Å². The van der Waals surface area contributed by atoms with Crippen molar-refractivity contribution in [3.63, 3.8) is 0 Å². The molecular formula is C14H28N2O. The van der Waals surface area contributed by atoms with Crippen LogP contribution in [-0.4, -0.2) is 18.5 Å². The Hall–Kier alpha value is -0.570. The molecule has 3 nitrogen and oxygen atoms in total. The van der Waals surface area contributed by atoms with E-state index in [-0.39, 0.29) is 17.9 Å². The number of hydrogen-bond donors (Lipinski definition) is 2. The summed E-state index contributed by atoms with van der Waals surface area (Å²) in [5, 5.41) is 3.07. The van der Waals surface area contributed by atoms with Crippen molar-refractivity contribution in [3.8, 4) is 0 Å². The molecular weight excluding hydrogens is 212 g/mol. The van der Waals surface area contributed by atoms with E-state index in [9.17, 15) is 4.79 Å². The fraction of sp³-hybridized carbons (Fsp3) is 0.929. The molecule has 1 saturated carbocycles. The zero-order chi connectivity index (χ0) is 13.0. The predicted molar refractivity (Wildman–Crippen MR) is 71.5 cm³/mol. The molecule has 3 heteroatoms. The molecule has 0 aromatic heterocycles. The van der Waals surface area contributed by atoms with Gasteiger partial charge in [0.05, 0.1) is 0 Å². The van der Waals surface area contributed by atoms with Gasteiger partial charge in [-0.05, 0) is 37.0 Å². The van der Waals surface area contributed by atoms with Crippen LogP contribution >= 0.6 is 0 Å². The van der Waals surface area contributed by atoms with Crippen molar-refractivity contribution < 1.29 is 4.79 Å². The molecule has 100 valence electrons. The van der Waals surface area contributed by atoms with Crippen LogP contribution in [0.1, 0.15) is 47.0 Å².